The fourth-order valence-electron chi connectivity index (χ4n) is 3.39. The summed E-state index contributed by atoms with van der Waals surface area (Å²) >= 11 is 0. The highest BCUT2D eigenvalue weighted by atomic mass is 16.2. The van der Waals surface area contributed by atoms with Crippen molar-refractivity contribution in [1.82, 2.24) is 24.6 Å². The fraction of sp³-hybridized carbons (Fsp3) is 0.286. The van der Waals surface area contributed by atoms with Crippen LogP contribution in [0.1, 0.15) is 31.0 Å². The van der Waals surface area contributed by atoms with Gasteiger partial charge in [-0.25, -0.2) is 14.5 Å². The third-order valence-corrected chi connectivity index (χ3v) is 5.11. The Bertz CT molecular complexity index is 1220. The zero-order valence-corrected chi connectivity index (χ0v) is 15.8. The van der Waals surface area contributed by atoms with Crippen LogP contribution in [0.15, 0.2) is 36.8 Å². The Labute approximate surface area is 161 Å². The van der Waals surface area contributed by atoms with Gasteiger partial charge in [0.15, 0.2) is 11.5 Å². The molecule has 0 atom stereocenters. The Morgan fingerprint density at radius 3 is 2.86 bits per heavy atom. The summed E-state index contributed by atoms with van der Waals surface area (Å²) in [5, 5.41) is 9.47. The molecule has 0 radical (unpaired) electrons. The molecule has 1 N–H and O–H groups in total. The summed E-state index contributed by atoms with van der Waals surface area (Å²) in [4.78, 5) is 25.8. The lowest BCUT2D eigenvalue weighted by Crippen LogP contribution is -2.14. The second-order valence-electron chi connectivity index (χ2n) is 7.30. The molecule has 0 bridgehead atoms. The minimum atomic E-state index is 0.0412. The largest absolute Gasteiger partial charge is 0.310 e. The number of hydrogen-bond donors (Lipinski definition) is 1. The minimum absolute atomic E-state index is 0.0412. The van der Waals surface area contributed by atoms with Gasteiger partial charge in [0, 0.05) is 46.5 Å². The van der Waals surface area contributed by atoms with Crippen LogP contribution in [0.4, 0.5) is 5.82 Å². The molecule has 1 aliphatic carbocycles. The first kappa shape index (κ1) is 16.8. The molecule has 1 amide bonds. The van der Waals surface area contributed by atoms with Crippen molar-refractivity contribution < 1.29 is 4.79 Å². The van der Waals surface area contributed by atoms with Crippen LogP contribution >= 0.6 is 0 Å². The first-order valence-corrected chi connectivity index (χ1v) is 9.54. The number of carbonyl (C=O) groups is 1. The maximum absolute atomic E-state index is 12.1. The van der Waals surface area contributed by atoms with Crippen LogP contribution in [0, 0.1) is 12.8 Å². The van der Waals surface area contributed by atoms with Crippen molar-refractivity contribution in [2.75, 3.05) is 5.32 Å². The molecule has 7 heteroatoms. The molecule has 0 spiro atoms. The fourth-order valence-corrected chi connectivity index (χ4v) is 3.39. The van der Waals surface area contributed by atoms with E-state index in [0.29, 0.717) is 11.6 Å². The zero-order chi connectivity index (χ0) is 19.3. The van der Waals surface area contributed by atoms with Crippen molar-refractivity contribution in [3.05, 3.63) is 48.0 Å². The van der Waals surface area contributed by atoms with Crippen molar-refractivity contribution in [3.63, 3.8) is 0 Å². The standard InChI is InChI=1S/C21H20N6O/c1-3-17-15-9-23-18(24-21(28)13-5-6-13)8-14(15)16(10-22-17)20-25-19-7-4-12(2)11-27(19)26-20/h4,7-11,13H,3,5-6H2,1-2H3,(H,23,24,28). The number of pyridine rings is 3. The molecular formula is C21H20N6O. The van der Waals surface area contributed by atoms with E-state index in [-0.39, 0.29) is 11.8 Å². The second kappa shape index (κ2) is 6.37. The molecular weight excluding hydrogens is 352 g/mol. The van der Waals surface area contributed by atoms with E-state index in [2.05, 4.69) is 32.3 Å². The van der Waals surface area contributed by atoms with Gasteiger partial charge in [0.25, 0.3) is 0 Å². The molecule has 4 aromatic heterocycles. The lowest BCUT2D eigenvalue weighted by Gasteiger charge is -2.10. The Morgan fingerprint density at radius 2 is 2.07 bits per heavy atom. The summed E-state index contributed by atoms with van der Waals surface area (Å²) in [6.45, 7) is 4.09. The van der Waals surface area contributed by atoms with E-state index in [1.807, 2.05) is 37.5 Å². The molecule has 1 aliphatic rings. The Morgan fingerprint density at radius 1 is 1.21 bits per heavy atom. The number of aromatic nitrogens is 5. The van der Waals surface area contributed by atoms with E-state index in [0.717, 1.165) is 52.5 Å². The van der Waals surface area contributed by atoms with Crippen LogP contribution in [0.3, 0.4) is 0 Å². The summed E-state index contributed by atoms with van der Waals surface area (Å²) in [6.07, 6.45) is 8.26. The molecule has 0 aromatic carbocycles. The van der Waals surface area contributed by atoms with Crippen molar-refractivity contribution in [1.29, 1.82) is 0 Å². The highest BCUT2D eigenvalue weighted by Gasteiger charge is 2.29. The molecule has 4 heterocycles. The van der Waals surface area contributed by atoms with Crippen molar-refractivity contribution in [2.24, 2.45) is 5.92 Å². The second-order valence-corrected chi connectivity index (χ2v) is 7.30. The van der Waals surface area contributed by atoms with Crippen molar-refractivity contribution in [3.8, 4) is 11.4 Å². The molecule has 5 rings (SSSR count). The first-order chi connectivity index (χ1) is 13.6. The first-order valence-electron chi connectivity index (χ1n) is 9.54. The van der Waals surface area contributed by atoms with Crippen LogP contribution in [0.5, 0.6) is 0 Å². The average Bonchev–Trinajstić information content (AvgIpc) is 3.47. The van der Waals surface area contributed by atoms with Crippen LogP contribution in [-0.2, 0) is 11.2 Å². The number of carbonyl (C=O) groups excluding carboxylic acids is 1. The summed E-state index contributed by atoms with van der Waals surface area (Å²) in [6, 6.07) is 5.87. The topological polar surface area (TPSA) is 85.1 Å². The number of nitrogens with one attached hydrogen (secondary N) is 1. The Hall–Kier alpha value is -3.35. The van der Waals surface area contributed by atoms with E-state index in [9.17, 15) is 4.79 Å². The quantitative estimate of drug-likeness (QED) is 0.592. The van der Waals surface area contributed by atoms with Crippen molar-refractivity contribution in [2.45, 2.75) is 33.1 Å². The van der Waals surface area contributed by atoms with E-state index >= 15 is 0 Å². The molecule has 7 nitrogen and oxygen atoms in total. The normalized spacial score (nSPS) is 13.9. The molecule has 0 aliphatic heterocycles. The van der Waals surface area contributed by atoms with E-state index in [1.54, 1.807) is 10.7 Å². The number of aryl methyl sites for hydroxylation is 2. The molecule has 140 valence electrons. The van der Waals surface area contributed by atoms with Crippen molar-refractivity contribution >= 4 is 28.1 Å². The molecule has 0 saturated heterocycles. The molecule has 4 aromatic rings. The van der Waals surface area contributed by atoms with Gasteiger partial charge < -0.3 is 5.32 Å². The SMILES string of the molecule is CCc1ncc(-c2nc3ccc(C)cn3n2)c2cc(NC(=O)C3CC3)ncc12. The van der Waals surface area contributed by atoms with Gasteiger partial charge in [0.05, 0.1) is 0 Å². The highest BCUT2D eigenvalue weighted by Crippen LogP contribution is 2.32. The molecule has 28 heavy (non-hydrogen) atoms. The van der Waals surface area contributed by atoms with Crippen LogP contribution in [-0.4, -0.2) is 30.5 Å². The Kier molecular flexibility index (Phi) is 3.82. The van der Waals surface area contributed by atoms with Gasteiger partial charge in [-0.1, -0.05) is 13.0 Å². The predicted molar refractivity (Wildman–Crippen MR) is 107 cm³/mol. The number of nitrogens with zero attached hydrogens (tertiary/aromatic N) is 5. The third kappa shape index (κ3) is 2.89. The number of rotatable bonds is 4. The van der Waals surface area contributed by atoms with Gasteiger partial charge >= 0.3 is 0 Å². The summed E-state index contributed by atoms with van der Waals surface area (Å²) < 4.78 is 1.78. The Balaban J connectivity index is 1.66. The lowest BCUT2D eigenvalue weighted by molar-refractivity contribution is -0.117. The predicted octanol–water partition coefficient (Wildman–Crippen LogP) is 3.56. The van der Waals surface area contributed by atoms with Crippen LogP contribution in [0.2, 0.25) is 0 Å². The van der Waals surface area contributed by atoms with Crippen LogP contribution in [0.25, 0.3) is 27.8 Å². The third-order valence-electron chi connectivity index (χ3n) is 5.11. The minimum Gasteiger partial charge on any atom is -0.310 e. The monoisotopic (exact) mass is 372 g/mol. The number of fused-ring (bicyclic) bond motifs is 2. The smallest absolute Gasteiger partial charge is 0.228 e. The van der Waals surface area contributed by atoms with Gasteiger partial charge in [0.1, 0.15) is 5.82 Å². The molecule has 1 saturated carbocycles. The van der Waals surface area contributed by atoms with Crippen LogP contribution < -0.4 is 5.32 Å². The maximum Gasteiger partial charge on any atom is 0.228 e. The lowest BCUT2D eigenvalue weighted by atomic mass is 10.1. The zero-order valence-electron chi connectivity index (χ0n) is 15.8. The maximum atomic E-state index is 12.1. The van der Waals surface area contributed by atoms with E-state index < -0.39 is 0 Å². The summed E-state index contributed by atoms with van der Waals surface area (Å²) in [7, 11) is 0. The van der Waals surface area contributed by atoms with Gasteiger partial charge in [-0.05, 0) is 43.9 Å². The van der Waals surface area contributed by atoms with E-state index in [1.165, 1.54) is 0 Å². The number of hydrogen-bond acceptors (Lipinski definition) is 5. The summed E-state index contributed by atoms with van der Waals surface area (Å²) in [5.41, 5.74) is 3.69. The average molecular weight is 372 g/mol. The summed E-state index contributed by atoms with van der Waals surface area (Å²) in [5.74, 6) is 1.33. The van der Waals surface area contributed by atoms with Gasteiger partial charge in [0.2, 0.25) is 5.91 Å². The van der Waals surface area contributed by atoms with E-state index in [4.69, 9.17) is 0 Å². The number of amides is 1. The number of anilines is 1. The highest BCUT2D eigenvalue weighted by molar-refractivity contribution is 6.00. The molecule has 1 fully saturated rings. The van der Waals surface area contributed by atoms with Gasteiger partial charge in [-0.3, -0.25) is 9.78 Å². The van der Waals surface area contributed by atoms with Gasteiger partial charge in [-0.15, -0.1) is 5.10 Å². The molecule has 0 unspecified atom stereocenters. The van der Waals surface area contributed by atoms with Gasteiger partial charge in [-0.2, -0.15) is 0 Å².